The number of carboxylic acids is 4. The number of benzene rings is 1. The summed E-state index contributed by atoms with van der Waals surface area (Å²) in [5, 5.41) is 41.6. The Morgan fingerprint density at radius 1 is 0.762 bits per heavy atom. The van der Waals surface area contributed by atoms with Gasteiger partial charge in [-0.15, -0.1) is 0 Å². The first-order valence-electron chi connectivity index (χ1n) is 5.32. The number of carboxylic acid groups (broad SMARTS) is 4. The van der Waals surface area contributed by atoms with Crippen LogP contribution in [0.25, 0.3) is 0 Å². The molecule has 5 N–H and O–H groups in total. The van der Waals surface area contributed by atoms with Gasteiger partial charge in [0.25, 0.3) is 0 Å². The lowest BCUT2D eigenvalue weighted by Gasteiger charge is -2.00. The molecule has 1 rings (SSSR count). The summed E-state index contributed by atoms with van der Waals surface area (Å²) in [6.07, 6.45) is -1.23. The fourth-order valence-corrected chi connectivity index (χ4v) is 0.998. The van der Waals surface area contributed by atoms with Crippen LogP contribution >= 0.6 is 0 Å². The number of hydrogen-bond acceptors (Lipinski definition) is 5. The Morgan fingerprint density at radius 2 is 0.952 bits per heavy atom. The topological polar surface area (TPSA) is 169 Å². The Kier molecular flexibility index (Phi) is 6.54. The monoisotopic (exact) mass is 300 g/mol. The zero-order chi connectivity index (χ0) is 16.7. The quantitative estimate of drug-likeness (QED) is 0.522. The van der Waals surface area contributed by atoms with Crippen LogP contribution in [-0.4, -0.2) is 55.5 Å². The Morgan fingerprint density at radius 3 is 1.05 bits per heavy atom. The predicted octanol–water partition coefficient (Wildman–Crippen LogP) is 0.233. The SMILES string of the molecule is CC(O)C(=O)O.O=C(O)c1cc(C(=O)O)cc(C(=O)O)c1. The number of aliphatic hydroxyl groups excluding tert-OH is 1. The number of rotatable bonds is 4. The molecule has 0 saturated carbocycles. The molecule has 9 nitrogen and oxygen atoms in total. The molecule has 0 heterocycles. The lowest BCUT2D eigenvalue weighted by Crippen LogP contribution is -2.13. The van der Waals surface area contributed by atoms with E-state index in [0.29, 0.717) is 0 Å². The van der Waals surface area contributed by atoms with Crippen LogP contribution in [0.4, 0.5) is 0 Å². The van der Waals surface area contributed by atoms with Gasteiger partial charge >= 0.3 is 23.9 Å². The van der Waals surface area contributed by atoms with Crippen molar-refractivity contribution in [2.24, 2.45) is 0 Å². The minimum Gasteiger partial charge on any atom is -0.479 e. The third-order valence-corrected chi connectivity index (χ3v) is 2.03. The fraction of sp³-hybridized carbons (Fsp3) is 0.167. The zero-order valence-electron chi connectivity index (χ0n) is 10.7. The van der Waals surface area contributed by atoms with Gasteiger partial charge in [-0.3, -0.25) is 0 Å². The van der Waals surface area contributed by atoms with Gasteiger partial charge in [0.2, 0.25) is 0 Å². The van der Waals surface area contributed by atoms with E-state index in [4.69, 9.17) is 25.5 Å². The average Bonchev–Trinajstić information content (AvgIpc) is 2.38. The number of hydrogen-bond donors (Lipinski definition) is 5. The first kappa shape index (κ1) is 18.1. The normalized spacial score (nSPS) is 10.8. The van der Waals surface area contributed by atoms with Gasteiger partial charge in [-0.25, -0.2) is 19.2 Å². The number of aliphatic carboxylic acids is 1. The van der Waals surface area contributed by atoms with E-state index in [9.17, 15) is 19.2 Å². The van der Waals surface area contributed by atoms with Gasteiger partial charge in [0.05, 0.1) is 16.7 Å². The summed E-state index contributed by atoms with van der Waals surface area (Å²) in [7, 11) is 0. The molecule has 1 aromatic carbocycles. The third kappa shape index (κ3) is 6.16. The van der Waals surface area contributed by atoms with Crippen LogP contribution in [0.2, 0.25) is 0 Å². The molecule has 0 aliphatic heterocycles. The molecule has 21 heavy (non-hydrogen) atoms. The van der Waals surface area contributed by atoms with Gasteiger partial charge in [-0.2, -0.15) is 0 Å². The predicted molar refractivity (Wildman–Crippen MR) is 66.6 cm³/mol. The minimum atomic E-state index is -1.37. The average molecular weight is 300 g/mol. The number of aliphatic hydroxyl groups is 1. The summed E-state index contributed by atoms with van der Waals surface area (Å²) in [5.74, 6) is -5.31. The Labute approximate surface area is 117 Å². The molecular formula is C12H12O9. The molecule has 0 aliphatic rings. The van der Waals surface area contributed by atoms with Crippen LogP contribution in [0, 0.1) is 0 Å². The first-order chi connectivity index (χ1) is 9.56. The van der Waals surface area contributed by atoms with Crippen molar-refractivity contribution in [3.63, 3.8) is 0 Å². The molecule has 0 aliphatic carbocycles. The van der Waals surface area contributed by atoms with E-state index in [1.54, 1.807) is 0 Å². The second-order valence-electron chi connectivity index (χ2n) is 3.73. The first-order valence-corrected chi connectivity index (χ1v) is 5.32. The van der Waals surface area contributed by atoms with Gasteiger partial charge in [0.1, 0.15) is 6.10 Å². The van der Waals surface area contributed by atoms with Crippen molar-refractivity contribution >= 4 is 23.9 Å². The Bertz CT molecular complexity index is 495. The number of carbonyl (C=O) groups is 4. The van der Waals surface area contributed by atoms with Gasteiger partial charge < -0.3 is 25.5 Å². The van der Waals surface area contributed by atoms with Crippen molar-refractivity contribution in [2.45, 2.75) is 13.0 Å². The molecule has 1 aromatic rings. The van der Waals surface area contributed by atoms with Crippen molar-refractivity contribution in [2.75, 3.05) is 0 Å². The van der Waals surface area contributed by atoms with E-state index >= 15 is 0 Å². The molecule has 0 aromatic heterocycles. The maximum Gasteiger partial charge on any atom is 0.335 e. The fourth-order valence-electron chi connectivity index (χ4n) is 0.998. The molecule has 0 spiro atoms. The molecule has 0 amide bonds. The largest absolute Gasteiger partial charge is 0.479 e. The standard InChI is InChI=1S/C9H6O6.C3H6O3/c10-7(11)4-1-5(8(12)13)3-6(2-4)9(14)15;1-2(4)3(5)6/h1-3H,(H,10,11)(H,12,13)(H,14,15);2,4H,1H3,(H,5,6). The van der Waals surface area contributed by atoms with E-state index in [0.717, 1.165) is 18.2 Å². The van der Waals surface area contributed by atoms with Crippen LogP contribution in [-0.2, 0) is 4.79 Å². The molecule has 1 atom stereocenters. The summed E-state index contributed by atoms with van der Waals surface area (Å²) in [6, 6.07) is 2.70. The second kappa shape index (κ2) is 7.60. The summed E-state index contributed by atoms with van der Waals surface area (Å²) in [4.78, 5) is 41.1. The van der Waals surface area contributed by atoms with Crippen LogP contribution in [0.1, 0.15) is 38.0 Å². The van der Waals surface area contributed by atoms with Crippen molar-refractivity contribution in [3.05, 3.63) is 34.9 Å². The smallest absolute Gasteiger partial charge is 0.335 e. The highest BCUT2D eigenvalue weighted by Crippen LogP contribution is 2.11. The van der Waals surface area contributed by atoms with E-state index in [-0.39, 0.29) is 16.7 Å². The summed E-state index contributed by atoms with van der Waals surface area (Å²) in [6.45, 7) is 1.20. The van der Waals surface area contributed by atoms with Crippen molar-refractivity contribution in [1.29, 1.82) is 0 Å². The van der Waals surface area contributed by atoms with Crippen LogP contribution in [0.5, 0.6) is 0 Å². The molecule has 0 saturated heterocycles. The zero-order valence-corrected chi connectivity index (χ0v) is 10.7. The van der Waals surface area contributed by atoms with Crippen molar-refractivity contribution in [1.82, 2.24) is 0 Å². The highest BCUT2D eigenvalue weighted by molar-refractivity contribution is 5.98. The highest BCUT2D eigenvalue weighted by atomic mass is 16.4. The van der Waals surface area contributed by atoms with Gasteiger partial charge in [0.15, 0.2) is 0 Å². The molecule has 0 radical (unpaired) electrons. The maximum absolute atomic E-state index is 10.6. The summed E-state index contributed by atoms with van der Waals surface area (Å²) < 4.78 is 0. The second-order valence-corrected chi connectivity index (χ2v) is 3.73. The Hall–Kier alpha value is -2.94. The lowest BCUT2D eigenvalue weighted by atomic mass is 10.1. The van der Waals surface area contributed by atoms with E-state index in [1.807, 2.05) is 0 Å². The third-order valence-electron chi connectivity index (χ3n) is 2.03. The number of aromatic carboxylic acids is 3. The van der Waals surface area contributed by atoms with E-state index in [1.165, 1.54) is 6.92 Å². The van der Waals surface area contributed by atoms with Gasteiger partial charge in [0, 0.05) is 0 Å². The molecule has 9 heteroatoms. The van der Waals surface area contributed by atoms with Gasteiger partial charge in [-0.05, 0) is 25.1 Å². The highest BCUT2D eigenvalue weighted by Gasteiger charge is 2.14. The van der Waals surface area contributed by atoms with Crippen LogP contribution in [0.3, 0.4) is 0 Å². The van der Waals surface area contributed by atoms with E-state index < -0.39 is 30.0 Å². The minimum absolute atomic E-state index is 0.368. The molecule has 0 bridgehead atoms. The van der Waals surface area contributed by atoms with Crippen LogP contribution < -0.4 is 0 Å². The molecule has 114 valence electrons. The molecular weight excluding hydrogens is 288 g/mol. The summed E-state index contributed by atoms with van der Waals surface area (Å²) in [5.41, 5.74) is -1.10. The maximum atomic E-state index is 10.6. The molecule has 1 unspecified atom stereocenters. The lowest BCUT2D eigenvalue weighted by molar-refractivity contribution is -0.145. The van der Waals surface area contributed by atoms with Crippen LogP contribution in [0.15, 0.2) is 18.2 Å². The molecule has 0 fully saturated rings. The van der Waals surface area contributed by atoms with Gasteiger partial charge in [-0.1, -0.05) is 0 Å². The summed E-state index contributed by atoms with van der Waals surface area (Å²) >= 11 is 0. The Balaban J connectivity index is 0.000000567. The van der Waals surface area contributed by atoms with E-state index in [2.05, 4.69) is 0 Å². The van der Waals surface area contributed by atoms with Crippen molar-refractivity contribution in [3.8, 4) is 0 Å². The van der Waals surface area contributed by atoms with Crippen molar-refractivity contribution < 1.29 is 44.7 Å².